The Bertz CT molecular complexity index is 1160. The van der Waals surface area contributed by atoms with Crippen LogP contribution in [-0.4, -0.2) is 33.6 Å². The molecule has 4 aromatic rings. The van der Waals surface area contributed by atoms with Crippen molar-refractivity contribution in [2.75, 3.05) is 18.0 Å². The van der Waals surface area contributed by atoms with Crippen LogP contribution in [0, 0.1) is 5.82 Å². The Labute approximate surface area is 155 Å². The predicted molar refractivity (Wildman–Crippen MR) is 103 cm³/mol. The van der Waals surface area contributed by atoms with Crippen LogP contribution in [0.1, 0.15) is 12.8 Å². The average molecular weight is 360 g/mol. The van der Waals surface area contributed by atoms with E-state index in [1.807, 2.05) is 23.1 Å². The SMILES string of the molecule is O=C1CCN(c2cc3cnn(-c4ccc(F)cc4)c3c3ccncc23)CC1. The number of fused-ring (bicyclic) bond motifs is 3. The van der Waals surface area contributed by atoms with Crippen molar-refractivity contribution < 1.29 is 9.18 Å². The average Bonchev–Trinajstić information content (AvgIpc) is 3.13. The molecule has 0 atom stereocenters. The molecule has 0 radical (unpaired) electrons. The van der Waals surface area contributed by atoms with E-state index in [9.17, 15) is 9.18 Å². The molecule has 0 aliphatic carbocycles. The second-order valence-electron chi connectivity index (χ2n) is 6.81. The van der Waals surface area contributed by atoms with Crippen molar-refractivity contribution in [2.45, 2.75) is 12.8 Å². The van der Waals surface area contributed by atoms with Gasteiger partial charge in [0.05, 0.1) is 17.4 Å². The predicted octanol–water partition coefficient (Wildman–Crippen LogP) is 3.88. The first-order valence-electron chi connectivity index (χ1n) is 8.98. The molecule has 27 heavy (non-hydrogen) atoms. The van der Waals surface area contributed by atoms with Crippen LogP contribution < -0.4 is 4.90 Å². The van der Waals surface area contributed by atoms with Gasteiger partial charge in [-0.15, -0.1) is 0 Å². The van der Waals surface area contributed by atoms with Gasteiger partial charge in [0.15, 0.2) is 0 Å². The van der Waals surface area contributed by atoms with Crippen LogP contribution in [0.4, 0.5) is 10.1 Å². The van der Waals surface area contributed by atoms with Crippen molar-refractivity contribution in [1.29, 1.82) is 0 Å². The number of rotatable bonds is 2. The third kappa shape index (κ3) is 2.65. The number of anilines is 1. The van der Waals surface area contributed by atoms with Crippen molar-refractivity contribution in [3.05, 3.63) is 60.8 Å². The van der Waals surface area contributed by atoms with Crippen molar-refractivity contribution in [3.63, 3.8) is 0 Å². The minimum atomic E-state index is -0.272. The third-order valence-electron chi connectivity index (χ3n) is 5.17. The van der Waals surface area contributed by atoms with Gasteiger partial charge in [-0.05, 0) is 36.4 Å². The molecule has 6 heteroatoms. The minimum absolute atomic E-state index is 0.272. The van der Waals surface area contributed by atoms with Gasteiger partial charge in [-0.1, -0.05) is 0 Å². The minimum Gasteiger partial charge on any atom is -0.370 e. The van der Waals surface area contributed by atoms with Gasteiger partial charge in [0.2, 0.25) is 0 Å². The van der Waals surface area contributed by atoms with Gasteiger partial charge >= 0.3 is 0 Å². The maximum absolute atomic E-state index is 13.3. The van der Waals surface area contributed by atoms with E-state index in [4.69, 9.17) is 0 Å². The Kier molecular flexibility index (Phi) is 3.63. The van der Waals surface area contributed by atoms with Crippen LogP contribution in [0.5, 0.6) is 0 Å². The number of aromatic nitrogens is 3. The first-order chi connectivity index (χ1) is 13.2. The smallest absolute Gasteiger partial charge is 0.136 e. The number of carbonyl (C=O) groups excluding carboxylic acids is 1. The van der Waals surface area contributed by atoms with Crippen LogP contribution in [0.3, 0.4) is 0 Å². The van der Waals surface area contributed by atoms with Gasteiger partial charge in [0.25, 0.3) is 0 Å². The molecule has 3 heterocycles. The molecular weight excluding hydrogens is 343 g/mol. The summed E-state index contributed by atoms with van der Waals surface area (Å²) in [6.07, 6.45) is 6.62. The molecule has 2 aromatic heterocycles. The molecule has 0 unspecified atom stereocenters. The van der Waals surface area contributed by atoms with E-state index in [-0.39, 0.29) is 5.82 Å². The maximum Gasteiger partial charge on any atom is 0.136 e. The summed E-state index contributed by atoms with van der Waals surface area (Å²) in [5, 5.41) is 7.62. The summed E-state index contributed by atoms with van der Waals surface area (Å²) in [6.45, 7) is 1.45. The molecule has 1 aliphatic rings. The largest absolute Gasteiger partial charge is 0.370 e. The number of pyridine rings is 1. The summed E-state index contributed by atoms with van der Waals surface area (Å²) < 4.78 is 15.1. The zero-order valence-electron chi connectivity index (χ0n) is 14.6. The van der Waals surface area contributed by atoms with Crippen LogP contribution >= 0.6 is 0 Å². The molecule has 0 amide bonds. The summed E-state index contributed by atoms with van der Waals surface area (Å²) >= 11 is 0. The lowest BCUT2D eigenvalue weighted by atomic mass is 10.0. The van der Waals surface area contributed by atoms with Crippen LogP contribution in [0.15, 0.2) is 55.0 Å². The van der Waals surface area contributed by atoms with E-state index in [0.29, 0.717) is 18.6 Å². The number of carbonyl (C=O) groups is 1. The molecule has 5 nitrogen and oxygen atoms in total. The van der Waals surface area contributed by atoms with E-state index in [0.717, 1.165) is 46.1 Å². The van der Waals surface area contributed by atoms with Crippen molar-refractivity contribution >= 4 is 33.1 Å². The molecule has 0 saturated carbocycles. The number of piperidine rings is 1. The van der Waals surface area contributed by atoms with E-state index in [1.165, 1.54) is 12.1 Å². The number of ketones is 1. The van der Waals surface area contributed by atoms with Gasteiger partial charge in [-0.2, -0.15) is 5.10 Å². The number of halogens is 1. The summed E-state index contributed by atoms with van der Waals surface area (Å²) in [4.78, 5) is 18.2. The van der Waals surface area contributed by atoms with Gasteiger partial charge in [-0.3, -0.25) is 9.78 Å². The Morgan fingerprint density at radius 2 is 1.74 bits per heavy atom. The fourth-order valence-electron chi connectivity index (χ4n) is 3.80. The van der Waals surface area contributed by atoms with Crippen LogP contribution in [0.2, 0.25) is 0 Å². The molecular formula is C21H17FN4O. The molecule has 0 spiro atoms. The highest BCUT2D eigenvalue weighted by Gasteiger charge is 2.20. The summed E-state index contributed by atoms with van der Waals surface area (Å²) in [5.41, 5.74) is 2.86. The second kappa shape index (κ2) is 6.16. The molecule has 5 rings (SSSR count). The van der Waals surface area contributed by atoms with Crippen LogP contribution in [0.25, 0.3) is 27.4 Å². The van der Waals surface area contributed by atoms with E-state index >= 15 is 0 Å². The van der Waals surface area contributed by atoms with Crippen molar-refractivity contribution in [3.8, 4) is 5.69 Å². The molecule has 0 bridgehead atoms. The Hall–Kier alpha value is -3.28. The third-order valence-corrected chi connectivity index (χ3v) is 5.17. The second-order valence-corrected chi connectivity index (χ2v) is 6.81. The number of hydrogen-bond donors (Lipinski definition) is 0. The number of nitrogens with zero attached hydrogens (tertiary/aromatic N) is 4. The fraction of sp³-hybridized carbons (Fsp3) is 0.190. The normalized spacial score (nSPS) is 15.0. The molecule has 2 aromatic carbocycles. The zero-order valence-corrected chi connectivity index (χ0v) is 14.6. The fourth-order valence-corrected chi connectivity index (χ4v) is 3.80. The van der Waals surface area contributed by atoms with Gasteiger partial charge in [0, 0.05) is 60.2 Å². The molecule has 134 valence electrons. The Morgan fingerprint density at radius 1 is 0.963 bits per heavy atom. The highest BCUT2D eigenvalue weighted by molar-refractivity contribution is 6.11. The van der Waals surface area contributed by atoms with Gasteiger partial charge in [0.1, 0.15) is 11.6 Å². The molecule has 0 N–H and O–H groups in total. The van der Waals surface area contributed by atoms with Crippen molar-refractivity contribution in [2.24, 2.45) is 0 Å². The Balaban J connectivity index is 1.73. The van der Waals surface area contributed by atoms with Crippen LogP contribution in [-0.2, 0) is 4.79 Å². The lowest BCUT2D eigenvalue weighted by molar-refractivity contribution is -0.119. The van der Waals surface area contributed by atoms with E-state index in [1.54, 1.807) is 18.3 Å². The maximum atomic E-state index is 13.3. The van der Waals surface area contributed by atoms with E-state index in [2.05, 4.69) is 21.0 Å². The van der Waals surface area contributed by atoms with Gasteiger partial charge < -0.3 is 4.90 Å². The topological polar surface area (TPSA) is 51.0 Å². The Morgan fingerprint density at radius 3 is 2.52 bits per heavy atom. The molecule has 1 saturated heterocycles. The van der Waals surface area contributed by atoms with Crippen molar-refractivity contribution in [1.82, 2.24) is 14.8 Å². The lowest BCUT2D eigenvalue weighted by Gasteiger charge is -2.29. The zero-order chi connectivity index (χ0) is 18.4. The van der Waals surface area contributed by atoms with Gasteiger partial charge in [-0.25, -0.2) is 9.07 Å². The quantitative estimate of drug-likeness (QED) is 0.544. The summed E-state index contributed by atoms with van der Waals surface area (Å²) in [7, 11) is 0. The number of hydrogen-bond acceptors (Lipinski definition) is 4. The molecule has 1 aliphatic heterocycles. The highest BCUT2D eigenvalue weighted by Crippen LogP contribution is 2.35. The standard InChI is InChI=1S/C21H17FN4O/c22-15-1-3-16(4-2-15)26-21-14(12-24-26)11-20(19-13-23-8-5-18(19)21)25-9-6-17(27)7-10-25/h1-5,8,11-13H,6-7,9-10H2. The first-order valence-corrected chi connectivity index (χ1v) is 8.98. The summed E-state index contributed by atoms with van der Waals surface area (Å²) in [6, 6.07) is 10.4. The number of benzene rings is 2. The monoisotopic (exact) mass is 360 g/mol. The first kappa shape index (κ1) is 15.9. The lowest BCUT2D eigenvalue weighted by Crippen LogP contribution is -2.33. The summed E-state index contributed by atoms with van der Waals surface area (Å²) in [5.74, 6) is 0.0464. The number of Topliss-reactive ketones (excluding diaryl/α,β-unsaturated/α-hetero) is 1. The van der Waals surface area contributed by atoms with E-state index < -0.39 is 0 Å². The highest BCUT2D eigenvalue weighted by atomic mass is 19.1. The molecule has 1 fully saturated rings.